The zero-order valence-electron chi connectivity index (χ0n) is 15.5. The average Bonchev–Trinajstić information content (AvgIpc) is 2.99. The van der Waals surface area contributed by atoms with Crippen molar-refractivity contribution in [2.75, 3.05) is 7.11 Å². The number of aryl methyl sites for hydroxylation is 1. The second-order valence-corrected chi connectivity index (χ2v) is 6.69. The maximum absolute atomic E-state index is 12.1. The Morgan fingerprint density at radius 1 is 1.14 bits per heavy atom. The summed E-state index contributed by atoms with van der Waals surface area (Å²) in [6, 6.07) is 14.4. The number of carbonyl (C=O) groups is 1. The van der Waals surface area contributed by atoms with Gasteiger partial charge in [-0.05, 0) is 18.2 Å². The lowest BCUT2D eigenvalue weighted by Crippen LogP contribution is -2.23. The molecule has 0 saturated heterocycles. The van der Waals surface area contributed by atoms with E-state index >= 15 is 0 Å². The number of hydroxylamine groups is 1. The molecule has 0 fully saturated rings. The lowest BCUT2D eigenvalue weighted by atomic mass is 10.2. The molecule has 0 bridgehead atoms. The normalized spacial score (nSPS) is 10.1. The van der Waals surface area contributed by atoms with Gasteiger partial charge in [0.2, 0.25) is 0 Å². The molecule has 0 aliphatic carbocycles. The molecule has 0 spiro atoms. The lowest BCUT2D eigenvalue weighted by Gasteiger charge is -2.10. The van der Waals surface area contributed by atoms with Gasteiger partial charge in [0.15, 0.2) is 0 Å². The number of halogens is 2. The molecule has 0 radical (unpaired) electrons. The van der Waals surface area contributed by atoms with Crippen molar-refractivity contribution in [2.24, 2.45) is 7.05 Å². The Morgan fingerprint density at radius 2 is 1.72 bits per heavy atom. The van der Waals surface area contributed by atoms with Crippen molar-refractivity contribution in [3.05, 3.63) is 74.6 Å². The summed E-state index contributed by atoms with van der Waals surface area (Å²) in [5.74, 6) is 0. The van der Waals surface area contributed by atoms with Crippen LogP contribution in [0.5, 0.6) is 6.01 Å². The number of thiol groups is 1. The molecule has 3 rings (SSSR count). The summed E-state index contributed by atoms with van der Waals surface area (Å²) in [4.78, 5) is 27.8. The number of rotatable bonds is 5. The van der Waals surface area contributed by atoms with Crippen LogP contribution in [0.2, 0.25) is 10.0 Å². The molecule has 0 saturated carbocycles. The zero-order valence-corrected chi connectivity index (χ0v) is 17.9. The van der Waals surface area contributed by atoms with Crippen LogP contribution in [0.1, 0.15) is 5.56 Å². The van der Waals surface area contributed by atoms with Crippen LogP contribution < -0.4 is 15.9 Å². The number of para-hydroxylation sites is 1. The monoisotopic (exact) mass is 456 g/mol. The zero-order chi connectivity index (χ0) is 21.4. The first-order valence-corrected chi connectivity index (χ1v) is 9.34. The number of hydrogen-bond acceptors (Lipinski definition) is 5. The summed E-state index contributed by atoms with van der Waals surface area (Å²) in [5, 5.41) is 4.58. The van der Waals surface area contributed by atoms with Crippen LogP contribution in [0, 0.1) is 0 Å². The van der Waals surface area contributed by atoms with Crippen molar-refractivity contribution in [1.29, 1.82) is 0 Å². The van der Waals surface area contributed by atoms with Crippen LogP contribution in [-0.4, -0.2) is 26.7 Å². The first-order valence-electron chi connectivity index (χ1n) is 8.14. The largest absolute Gasteiger partial charge is 0.467 e. The molecule has 8 nitrogen and oxygen atoms in total. The van der Waals surface area contributed by atoms with E-state index in [2.05, 4.69) is 23.2 Å². The third kappa shape index (κ3) is 6.26. The molecular weight excluding hydrogens is 439 g/mol. The van der Waals surface area contributed by atoms with Gasteiger partial charge in [0.25, 0.3) is 5.24 Å². The second kappa shape index (κ2) is 10.9. The average molecular weight is 457 g/mol. The molecule has 11 heteroatoms. The van der Waals surface area contributed by atoms with Gasteiger partial charge in [-0.25, -0.2) is 19.5 Å². The van der Waals surface area contributed by atoms with Gasteiger partial charge in [-0.2, -0.15) is 0 Å². The van der Waals surface area contributed by atoms with Gasteiger partial charge in [0, 0.05) is 12.6 Å². The third-order valence-corrected chi connectivity index (χ3v) is 4.37. The summed E-state index contributed by atoms with van der Waals surface area (Å²) < 4.78 is 7.60. The summed E-state index contributed by atoms with van der Waals surface area (Å²) in [6.45, 7) is 0.0625. The van der Waals surface area contributed by atoms with E-state index in [1.54, 1.807) is 36.4 Å². The van der Waals surface area contributed by atoms with Crippen molar-refractivity contribution < 1.29 is 14.4 Å². The fourth-order valence-electron chi connectivity index (χ4n) is 2.25. The van der Waals surface area contributed by atoms with E-state index in [1.165, 1.54) is 23.4 Å². The van der Waals surface area contributed by atoms with Crippen LogP contribution in [0.15, 0.2) is 53.3 Å². The minimum atomic E-state index is -0.608. The molecule has 1 N–H and O–H groups in total. The Bertz CT molecular complexity index is 1020. The number of benzene rings is 2. The molecule has 3 aromatic rings. The summed E-state index contributed by atoms with van der Waals surface area (Å²) in [6.07, 6.45) is 0. The number of carbonyl (C=O) groups excluding carboxylic acids is 1. The van der Waals surface area contributed by atoms with Gasteiger partial charge in [-0.15, -0.1) is 5.10 Å². The molecule has 1 aromatic heterocycles. The van der Waals surface area contributed by atoms with Gasteiger partial charge in [-0.3, -0.25) is 9.63 Å². The minimum Gasteiger partial charge on any atom is -0.467 e. The maximum atomic E-state index is 12.1. The highest BCUT2D eigenvalue weighted by Crippen LogP contribution is 2.19. The third-order valence-electron chi connectivity index (χ3n) is 3.52. The standard InChI is InChI=1S/C12H14N4O4S.C6H4Cl2/c1-15-12(18)16(10(13-15)19-2)9-6-4-3-5-8(9)7-20-14-11(17)21;7-5-3-1-2-4-6(5)8/h3-6H,7H2,1-2H3,(H2,14,17,21);1-4H. The van der Waals surface area contributed by atoms with Crippen molar-refractivity contribution >= 4 is 41.1 Å². The number of nitrogens with one attached hydrogen (secondary N) is 1. The highest BCUT2D eigenvalue weighted by Gasteiger charge is 2.16. The van der Waals surface area contributed by atoms with E-state index in [0.29, 0.717) is 21.3 Å². The number of methoxy groups -OCH3 is 1. The smallest absolute Gasteiger partial charge is 0.353 e. The molecule has 0 aliphatic rings. The Morgan fingerprint density at radius 3 is 2.28 bits per heavy atom. The number of hydrogen-bond donors (Lipinski definition) is 2. The maximum Gasteiger partial charge on any atom is 0.353 e. The van der Waals surface area contributed by atoms with E-state index in [0.717, 1.165) is 0 Å². The van der Waals surface area contributed by atoms with Gasteiger partial charge < -0.3 is 4.74 Å². The predicted molar refractivity (Wildman–Crippen MR) is 114 cm³/mol. The molecule has 154 valence electrons. The van der Waals surface area contributed by atoms with Crippen LogP contribution in [0.4, 0.5) is 4.79 Å². The number of amides is 1. The summed E-state index contributed by atoms with van der Waals surface area (Å²) in [5.41, 5.74) is 2.99. The first-order chi connectivity index (χ1) is 13.8. The SMILES string of the molecule is COc1nn(C)c(=O)n1-c1ccccc1CONC(=O)S.Clc1ccccc1Cl. The number of ether oxygens (including phenoxy) is 1. The van der Waals surface area contributed by atoms with E-state index in [-0.39, 0.29) is 18.3 Å². The second-order valence-electron chi connectivity index (χ2n) is 5.47. The number of aromatic nitrogens is 3. The Kier molecular flexibility index (Phi) is 8.59. The van der Waals surface area contributed by atoms with Crippen LogP contribution in [0.25, 0.3) is 5.69 Å². The van der Waals surface area contributed by atoms with Crippen LogP contribution in [-0.2, 0) is 18.5 Å². The van der Waals surface area contributed by atoms with E-state index < -0.39 is 5.24 Å². The van der Waals surface area contributed by atoms with Crippen molar-refractivity contribution in [1.82, 2.24) is 19.8 Å². The van der Waals surface area contributed by atoms with E-state index in [9.17, 15) is 9.59 Å². The summed E-state index contributed by atoms with van der Waals surface area (Å²) >= 11 is 14.7. The fourth-order valence-corrected chi connectivity index (χ4v) is 2.58. The lowest BCUT2D eigenvalue weighted by molar-refractivity contribution is 0.0577. The van der Waals surface area contributed by atoms with Gasteiger partial charge >= 0.3 is 11.7 Å². The Labute approximate surface area is 182 Å². The molecule has 29 heavy (non-hydrogen) atoms. The molecule has 1 amide bonds. The molecule has 2 aromatic carbocycles. The first kappa shape index (κ1) is 22.8. The van der Waals surface area contributed by atoms with E-state index in [4.69, 9.17) is 32.8 Å². The molecule has 1 heterocycles. The van der Waals surface area contributed by atoms with Crippen molar-refractivity contribution in [3.8, 4) is 11.7 Å². The predicted octanol–water partition coefficient (Wildman–Crippen LogP) is 3.64. The highest BCUT2D eigenvalue weighted by molar-refractivity contribution is 7.96. The minimum absolute atomic E-state index is 0.0625. The van der Waals surface area contributed by atoms with Crippen LogP contribution in [0.3, 0.4) is 0 Å². The number of nitrogens with zero attached hydrogens (tertiary/aromatic N) is 3. The van der Waals surface area contributed by atoms with Gasteiger partial charge in [-0.1, -0.05) is 66.2 Å². The fraction of sp³-hybridized carbons (Fsp3) is 0.167. The van der Waals surface area contributed by atoms with Gasteiger partial charge in [0.1, 0.15) is 6.61 Å². The van der Waals surface area contributed by atoms with E-state index in [1.807, 2.05) is 12.1 Å². The molecule has 0 aliphatic heterocycles. The van der Waals surface area contributed by atoms with Crippen LogP contribution >= 0.6 is 35.8 Å². The van der Waals surface area contributed by atoms with Crippen molar-refractivity contribution in [3.63, 3.8) is 0 Å². The quantitative estimate of drug-likeness (QED) is 0.451. The molecule has 0 atom stereocenters. The Hall–Kier alpha value is -2.46. The highest BCUT2D eigenvalue weighted by atomic mass is 35.5. The summed E-state index contributed by atoms with van der Waals surface area (Å²) in [7, 11) is 2.96. The topological polar surface area (TPSA) is 87.4 Å². The van der Waals surface area contributed by atoms with Crippen molar-refractivity contribution in [2.45, 2.75) is 6.61 Å². The Balaban J connectivity index is 0.000000313. The molecule has 0 unspecified atom stereocenters. The molecular formula is C18H18Cl2N4O4S. The van der Waals surface area contributed by atoms with Gasteiger partial charge in [0.05, 0.1) is 22.8 Å².